The topological polar surface area (TPSA) is 86.7 Å². The molecule has 0 spiro atoms. The molecule has 1 aliphatic heterocycles. The molecule has 6 heteroatoms. The highest BCUT2D eigenvalue weighted by atomic mass is 16.4. The van der Waals surface area contributed by atoms with Crippen LogP contribution in [-0.4, -0.2) is 29.4 Å². The Labute approximate surface area is 122 Å². The third-order valence-electron chi connectivity index (χ3n) is 3.38. The van der Waals surface area contributed by atoms with Gasteiger partial charge in [-0.25, -0.2) is 0 Å². The van der Waals surface area contributed by atoms with Gasteiger partial charge in [-0.2, -0.15) is 0 Å². The quantitative estimate of drug-likeness (QED) is 0.826. The number of nitrogens with one attached hydrogen (secondary N) is 1. The van der Waals surface area contributed by atoms with Crippen LogP contribution in [0.5, 0.6) is 0 Å². The molecule has 1 aliphatic rings. The van der Waals surface area contributed by atoms with E-state index in [-0.39, 0.29) is 24.7 Å². The van der Waals surface area contributed by atoms with Crippen LogP contribution in [-0.2, 0) is 20.9 Å². The van der Waals surface area contributed by atoms with Crippen molar-refractivity contribution in [2.45, 2.75) is 32.2 Å². The van der Waals surface area contributed by atoms with Crippen LogP contribution < -0.4 is 10.2 Å². The van der Waals surface area contributed by atoms with Gasteiger partial charge in [0, 0.05) is 31.6 Å². The molecule has 0 radical (unpaired) electrons. The van der Waals surface area contributed by atoms with E-state index in [1.54, 1.807) is 4.90 Å². The van der Waals surface area contributed by atoms with Gasteiger partial charge in [0.15, 0.2) is 0 Å². The Morgan fingerprint density at radius 2 is 1.90 bits per heavy atom. The Balaban J connectivity index is 1.83. The molecule has 2 rings (SSSR count). The van der Waals surface area contributed by atoms with E-state index in [1.807, 2.05) is 24.3 Å². The van der Waals surface area contributed by atoms with E-state index in [0.717, 1.165) is 24.2 Å². The second-order valence-electron chi connectivity index (χ2n) is 4.99. The Kier molecular flexibility index (Phi) is 4.92. The number of anilines is 1. The van der Waals surface area contributed by atoms with Crippen LogP contribution in [0.15, 0.2) is 24.3 Å². The molecule has 0 aliphatic carbocycles. The lowest BCUT2D eigenvalue weighted by molar-refractivity contribution is -0.138. The van der Waals surface area contributed by atoms with E-state index >= 15 is 0 Å². The first-order chi connectivity index (χ1) is 10.1. The lowest BCUT2D eigenvalue weighted by atomic mass is 10.2. The first-order valence-electron chi connectivity index (χ1n) is 6.94. The van der Waals surface area contributed by atoms with E-state index < -0.39 is 5.97 Å². The van der Waals surface area contributed by atoms with E-state index in [9.17, 15) is 14.4 Å². The smallest absolute Gasteiger partial charge is 0.303 e. The highest BCUT2D eigenvalue weighted by Crippen LogP contribution is 2.21. The molecule has 2 amide bonds. The van der Waals surface area contributed by atoms with Gasteiger partial charge in [0.05, 0.1) is 6.42 Å². The van der Waals surface area contributed by atoms with Crippen molar-refractivity contribution in [3.63, 3.8) is 0 Å². The minimum absolute atomic E-state index is 0.0182. The standard InChI is InChI=1S/C15H18N2O4/c18-13(7-8-15(20)21)16-10-11-3-5-12(6-4-11)17-9-1-2-14(17)19/h3-6H,1-2,7-10H2,(H,16,18)(H,20,21). The molecule has 0 aromatic heterocycles. The predicted octanol–water partition coefficient (Wildman–Crippen LogP) is 1.29. The molecule has 0 bridgehead atoms. The van der Waals surface area contributed by atoms with Gasteiger partial charge in [-0.1, -0.05) is 12.1 Å². The van der Waals surface area contributed by atoms with Gasteiger partial charge in [-0.05, 0) is 24.1 Å². The number of carboxylic acid groups (broad SMARTS) is 1. The Hall–Kier alpha value is -2.37. The molecule has 0 saturated carbocycles. The molecule has 112 valence electrons. The molecule has 0 unspecified atom stereocenters. The van der Waals surface area contributed by atoms with Gasteiger partial charge in [0.25, 0.3) is 0 Å². The summed E-state index contributed by atoms with van der Waals surface area (Å²) in [5.41, 5.74) is 1.78. The first kappa shape index (κ1) is 15.0. The van der Waals surface area contributed by atoms with Crippen LogP contribution in [0.4, 0.5) is 5.69 Å². The molecule has 2 N–H and O–H groups in total. The van der Waals surface area contributed by atoms with Gasteiger partial charge >= 0.3 is 5.97 Å². The molecule has 0 atom stereocenters. The van der Waals surface area contributed by atoms with Gasteiger partial charge in [0.2, 0.25) is 11.8 Å². The lowest BCUT2D eigenvalue weighted by Gasteiger charge is -2.16. The van der Waals surface area contributed by atoms with E-state index in [2.05, 4.69) is 5.32 Å². The van der Waals surface area contributed by atoms with Crippen LogP contribution in [0, 0.1) is 0 Å². The number of benzene rings is 1. The molecule has 6 nitrogen and oxygen atoms in total. The molecule has 1 aromatic carbocycles. The largest absolute Gasteiger partial charge is 0.481 e. The van der Waals surface area contributed by atoms with Gasteiger partial charge < -0.3 is 15.3 Å². The number of carbonyl (C=O) groups excluding carboxylic acids is 2. The number of hydrogen-bond acceptors (Lipinski definition) is 3. The van der Waals surface area contributed by atoms with Crippen LogP contribution in [0.2, 0.25) is 0 Å². The van der Waals surface area contributed by atoms with E-state index in [1.165, 1.54) is 0 Å². The van der Waals surface area contributed by atoms with Crippen LogP contribution >= 0.6 is 0 Å². The lowest BCUT2D eigenvalue weighted by Crippen LogP contribution is -2.24. The number of nitrogens with zero attached hydrogens (tertiary/aromatic N) is 1. The summed E-state index contributed by atoms with van der Waals surface area (Å²) < 4.78 is 0. The normalized spacial score (nSPS) is 14.3. The molecular formula is C15H18N2O4. The van der Waals surface area contributed by atoms with Crippen molar-refractivity contribution in [3.05, 3.63) is 29.8 Å². The predicted molar refractivity (Wildman–Crippen MR) is 76.7 cm³/mol. The van der Waals surface area contributed by atoms with Gasteiger partial charge in [-0.15, -0.1) is 0 Å². The number of hydrogen-bond donors (Lipinski definition) is 2. The first-order valence-corrected chi connectivity index (χ1v) is 6.94. The fourth-order valence-electron chi connectivity index (χ4n) is 2.22. The molecule has 21 heavy (non-hydrogen) atoms. The highest BCUT2D eigenvalue weighted by molar-refractivity contribution is 5.95. The van der Waals surface area contributed by atoms with Crippen LogP contribution in [0.1, 0.15) is 31.2 Å². The molecular weight excluding hydrogens is 272 g/mol. The zero-order chi connectivity index (χ0) is 15.2. The number of carboxylic acids is 1. The summed E-state index contributed by atoms with van der Waals surface area (Å²) in [5.74, 6) is -1.12. The molecule has 1 saturated heterocycles. The number of amides is 2. The second kappa shape index (κ2) is 6.88. The van der Waals surface area contributed by atoms with Crippen molar-refractivity contribution in [1.29, 1.82) is 0 Å². The minimum Gasteiger partial charge on any atom is -0.481 e. The third-order valence-corrected chi connectivity index (χ3v) is 3.38. The van der Waals surface area contributed by atoms with E-state index in [4.69, 9.17) is 5.11 Å². The van der Waals surface area contributed by atoms with Crippen LogP contribution in [0.25, 0.3) is 0 Å². The van der Waals surface area contributed by atoms with Gasteiger partial charge in [-0.3, -0.25) is 14.4 Å². The van der Waals surface area contributed by atoms with Crippen molar-refractivity contribution in [1.82, 2.24) is 5.32 Å². The van der Waals surface area contributed by atoms with Crippen molar-refractivity contribution in [2.24, 2.45) is 0 Å². The Morgan fingerprint density at radius 1 is 1.19 bits per heavy atom. The zero-order valence-corrected chi connectivity index (χ0v) is 11.7. The highest BCUT2D eigenvalue weighted by Gasteiger charge is 2.21. The van der Waals surface area contributed by atoms with Gasteiger partial charge in [0.1, 0.15) is 0 Å². The maximum absolute atomic E-state index is 11.6. The monoisotopic (exact) mass is 290 g/mol. The Bertz CT molecular complexity index is 539. The molecule has 1 fully saturated rings. The average molecular weight is 290 g/mol. The molecule has 1 aromatic rings. The SMILES string of the molecule is O=C(O)CCC(=O)NCc1ccc(N2CCCC2=O)cc1. The second-order valence-corrected chi connectivity index (χ2v) is 4.99. The van der Waals surface area contributed by atoms with Crippen molar-refractivity contribution >= 4 is 23.5 Å². The maximum atomic E-state index is 11.6. The van der Waals surface area contributed by atoms with Crippen LogP contribution in [0.3, 0.4) is 0 Å². The number of carbonyl (C=O) groups is 3. The summed E-state index contributed by atoms with van der Waals surface area (Å²) >= 11 is 0. The van der Waals surface area contributed by atoms with Crippen molar-refractivity contribution < 1.29 is 19.5 Å². The summed E-state index contributed by atoms with van der Waals surface area (Å²) in [6, 6.07) is 7.45. The third kappa shape index (κ3) is 4.30. The number of aliphatic carboxylic acids is 1. The number of rotatable bonds is 6. The minimum atomic E-state index is -0.982. The fourth-order valence-corrected chi connectivity index (χ4v) is 2.22. The van der Waals surface area contributed by atoms with Crippen molar-refractivity contribution in [3.8, 4) is 0 Å². The van der Waals surface area contributed by atoms with Crippen molar-refractivity contribution in [2.75, 3.05) is 11.4 Å². The summed E-state index contributed by atoms with van der Waals surface area (Å²) in [5, 5.41) is 11.2. The maximum Gasteiger partial charge on any atom is 0.303 e. The Morgan fingerprint density at radius 3 is 2.48 bits per heavy atom. The molecule has 1 heterocycles. The summed E-state index contributed by atoms with van der Waals surface area (Å²) in [4.78, 5) is 35.1. The van der Waals surface area contributed by atoms with E-state index in [0.29, 0.717) is 13.0 Å². The average Bonchev–Trinajstić information content (AvgIpc) is 2.89. The summed E-state index contributed by atoms with van der Waals surface area (Å²) in [7, 11) is 0. The summed E-state index contributed by atoms with van der Waals surface area (Å²) in [6.07, 6.45) is 1.30. The zero-order valence-electron chi connectivity index (χ0n) is 11.7. The summed E-state index contributed by atoms with van der Waals surface area (Å²) in [6.45, 7) is 1.11. The fraction of sp³-hybridized carbons (Fsp3) is 0.400.